The Kier molecular flexibility index (Phi) is 7.04. The summed E-state index contributed by atoms with van der Waals surface area (Å²) in [6.07, 6.45) is 1.13. The van der Waals surface area contributed by atoms with E-state index in [1.165, 1.54) is 0 Å². The second-order valence-corrected chi connectivity index (χ2v) is 4.86. The fraction of sp³-hybridized carbons (Fsp3) is 0.533. The van der Waals surface area contributed by atoms with Crippen molar-refractivity contribution in [1.29, 1.82) is 0 Å². The number of aryl methyl sites for hydroxylation is 1. The number of nitrogens with two attached hydrogens (primary N) is 1. The monoisotopic (exact) mass is 278 g/mol. The van der Waals surface area contributed by atoms with E-state index < -0.39 is 0 Å². The molecule has 1 rings (SSSR count). The third-order valence-electron chi connectivity index (χ3n) is 3.34. The summed E-state index contributed by atoms with van der Waals surface area (Å²) in [5, 5.41) is 2.97. The predicted molar refractivity (Wildman–Crippen MR) is 83.7 cm³/mol. The first kappa shape index (κ1) is 16.5. The number of likely N-dealkylation sites (N-methyl/N-ethyl adjacent to an activating group) is 1. The molecule has 5 heteroatoms. The van der Waals surface area contributed by atoms with E-state index in [1.54, 1.807) is 12.1 Å². The molecule has 0 heterocycles. The molecule has 0 saturated carbocycles. The Hall–Kier alpha value is -1.59. The Morgan fingerprint density at radius 3 is 2.60 bits per heavy atom. The summed E-state index contributed by atoms with van der Waals surface area (Å²) >= 11 is 0. The smallest absolute Gasteiger partial charge is 0.251 e. The number of carbonyl (C=O) groups is 1. The number of carbonyl (C=O) groups excluding carboxylic acids is 1. The van der Waals surface area contributed by atoms with Gasteiger partial charge in [0.15, 0.2) is 0 Å². The van der Waals surface area contributed by atoms with Crippen molar-refractivity contribution in [3.05, 3.63) is 29.3 Å². The van der Waals surface area contributed by atoms with Crippen LogP contribution >= 0.6 is 0 Å². The number of nitrogens with zero attached hydrogens (tertiary/aromatic N) is 1. The van der Waals surface area contributed by atoms with Crippen LogP contribution in [0.2, 0.25) is 0 Å². The number of benzene rings is 1. The number of rotatable bonds is 8. The molecule has 0 bridgehead atoms. The van der Waals surface area contributed by atoms with Crippen LogP contribution in [-0.4, -0.2) is 37.0 Å². The molecule has 0 atom stereocenters. The highest BCUT2D eigenvalue weighted by Gasteiger charge is 2.09. The van der Waals surface area contributed by atoms with E-state index in [9.17, 15) is 4.79 Å². The first-order valence-electron chi connectivity index (χ1n) is 7.20. The fourth-order valence-corrected chi connectivity index (χ4v) is 2.18. The molecule has 20 heavy (non-hydrogen) atoms. The zero-order chi connectivity index (χ0) is 15.0. The lowest BCUT2D eigenvalue weighted by Crippen LogP contribution is -2.35. The molecule has 0 fully saturated rings. The Morgan fingerprint density at radius 2 is 2.05 bits per heavy atom. The molecular weight excluding hydrogens is 252 g/mol. The van der Waals surface area contributed by atoms with Gasteiger partial charge in [-0.05, 0) is 50.2 Å². The van der Waals surface area contributed by atoms with Crippen molar-refractivity contribution in [1.82, 2.24) is 10.2 Å². The Labute approximate surface area is 121 Å². The van der Waals surface area contributed by atoms with E-state index in [-0.39, 0.29) is 5.91 Å². The van der Waals surface area contributed by atoms with Gasteiger partial charge in [0.1, 0.15) is 0 Å². The molecule has 5 nitrogen and oxygen atoms in total. The van der Waals surface area contributed by atoms with Crippen molar-refractivity contribution in [2.45, 2.75) is 27.2 Å². The second kappa shape index (κ2) is 8.55. The van der Waals surface area contributed by atoms with Gasteiger partial charge in [-0.1, -0.05) is 13.8 Å². The summed E-state index contributed by atoms with van der Waals surface area (Å²) < 4.78 is 0. The standard InChI is InChI=1S/C15H26N4O/c1-4-9-19(5-2)10-8-17-15(20)14-7-6-13(18-16)11-12(14)3/h6-7,11,18H,4-5,8-10,16H2,1-3H3,(H,17,20). The van der Waals surface area contributed by atoms with Gasteiger partial charge in [0.05, 0.1) is 0 Å². The Bertz CT molecular complexity index is 434. The summed E-state index contributed by atoms with van der Waals surface area (Å²) in [5.74, 6) is 5.32. The van der Waals surface area contributed by atoms with Crippen LogP contribution in [0, 0.1) is 6.92 Å². The van der Waals surface area contributed by atoms with Crippen LogP contribution in [-0.2, 0) is 0 Å². The average Bonchev–Trinajstić information content (AvgIpc) is 2.45. The maximum absolute atomic E-state index is 12.1. The molecule has 4 N–H and O–H groups in total. The molecular formula is C15H26N4O. The molecule has 0 aliphatic rings. The van der Waals surface area contributed by atoms with Gasteiger partial charge in [0.2, 0.25) is 0 Å². The van der Waals surface area contributed by atoms with Gasteiger partial charge in [0.25, 0.3) is 5.91 Å². The van der Waals surface area contributed by atoms with Crippen molar-refractivity contribution in [2.75, 3.05) is 31.6 Å². The number of nitrogens with one attached hydrogen (secondary N) is 2. The van der Waals surface area contributed by atoms with E-state index in [4.69, 9.17) is 5.84 Å². The van der Waals surface area contributed by atoms with E-state index in [1.807, 2.05) is 13.0 Å². The van der Waals surface area contributed by atoms with E-state index >= 15 is 0 Å². The zero-order valence-corrected chi connectivity index (χ0v) is 12.7. The number of hydrazine groups is 1. The molecule has 1 amide bonds. The van der Waals surface area contributed by atoms with Crippen LogP contribution in [0.4, 0.5) is 5.69 Å². The van der Waals surface area contributed by atoms with Gasteiger partial charge in [-0.25, -0.2) is 0 Å². The van der Waals surface area contributed by atoms with Gasteiger partial charge < -0.3 is 15.6 Å². The Morgan fingerprint density at radius 1 is 1.30 bits per heavy atom. The Balaban J connectivity index is 2.50. The third kappa shape index (κ3) is 4.83. The fourth-order valence-electron chi connectivity index (χ4n) is 2.18. The quantitative estimate of drug-likeness (QED) is 0.500. The molecule has 0 unspecified atom stereocenters. The minimum Gasteiger partial charge on any atom is -0.351 e. The minimum absolute atomic E-state index is 0.0291. The van der Waals surface area contributed by atoms with E-state index in [2.05, 4.69) is 29.5 Å². The topological polar surface area (TPSA) is 70.4 Å². The third-order valence-corrected chi connectivity index (χ3v) is 3.34. The number of hydrogen-bond acceptors (Lipinski definition) is 4. The van der Waals surface area contributed by atoms with Crippen LogP contribution in [0.25, 0.3) is 0 Å². The van der Waals surface area contributed by atoms with Gasteiger partial charge in [-0.3, -0.25) is 10.6 Å². The maximum Gasteiger partial charge on any atom is 0.251 e. The van der Waals surface area contributed by atoms with E-state index in [0.717, 1.165) is 37.3 Å². The lowest BCUT2D eigenvalue weighted by molar-refractivity contribution is 0.0948. The summed E-state index contributed by atoms with van der Waals surface area (Å²) in [4.78, 5) is 14.4. The highest BCUT2D eigenvalue weighted by atomic mass is 16.1. The maximum atomic E-state index is 12.1. The second-order valence-electron chi connectivity index (χ2n) is 4.86. The lowest BCUT2D eigenvalue weighted by Gasteiger charge is -2.19. The summed E-state index contributed by atoms with van der Waals surface area (Å²) in [6, 6.07) is 5.46. The van der Waals surface area contributed by atoms with Gasteiger partial charge in [0, 0.05) is 24.3 Å². The van der Waals surface area contributed by atoms with Crippen molar-refractivity contribution in [3.63, 3.8) is 0 Å². The number of amides is 1. The molecule has 1 aromatic rings. The normalized spacial score (nSPS) is 10.7. The highest BCUT2D eigenvalue weighted by molar-refractivity contribution is 5.96. The van der Waals surface area contributed by atoms with Crippen molar-refractivity contribution >= 4 is 11.6 Å². The molecule has 0 aliphatic carbocycles. The SMILES string of the molecule is CCCN(CC)CCNC(=O)c1ccc(NN)cc1C. The molecule has 0 saturated heterocycles. The van der Waals surface area contributed by atoms with Gasteiger partial charge >= 0.3 is 0 Å². The first-order chi connectivity index (χ1) is 9.62. The van der Waals surface area contributed by atoms with Crippen molar-refractivity contribution in [3.8, 4) is 0 Å². The molecule has 112 valence electrons. The first-order valence-corrected chi connectivity index (χ1v) is 7.20. The molecule has 0 aliphatic heterocycles. The van der Waals surface area contributed by atoms with Gasteiger partial charge in [-0.2, -0.15) is 0 Å². The van der Waals surface area contributed by atoms with E-state index in [0.29, 0.717) is 12.1 Å². The lowest BCUT2D eigenvalue weighted by atomic mass is 10.1. The molecule has 0 radical (unpaired) electrons. The highest BCUT2D eigenvalue weighted by Crippen LogP contribution is 2.14. The number of anilines is 1. The van der Waals surface area contributed by atoms with Crippen LogP contribution < -0.4 is 16.6 Å². The predicted octanol–water partition coefficient (Wildman–Crippen LogP) is 1.74. The summed E-state index contributed by atoms with van der Waals surface area (Å²) in [6.45, 7) is 9.85. The van der Waals surface area contributed by atoms with Crippen LogP contribution in [0.3, 0.4) is 0 Å². The summed E-state index contributed by atoms with van der Waals surface area (Å²) in [7, 11) is 0. The number of hydrogen-bond donors (Lipinski definition) is 3. The van der Waals surface area contributed by atoms with Crippen LogP contribution in [0.15, 0.2) is 18.2 Å². The molecule has 0 aromatic heterocycles. The van der Waals surface area contributed by atoms with Crippen molar-refractivity contribution < 1.29 is 4.79 Å². The zero-order valence-electron chi connectivity index (χ0n) is 12.7. The molecule has 1 aromatic carbocycles. The van der Waals surface area contributed by atoms with Crippen LogP contribution in [0.5, 0.6) is 0 Å². The number of nitrogen functional groups attached to an aromatic ring is 1. The average molecular weight is 278 g/mol. The summed E-state index contributed by atoms with van der Waals surface area (Å²) in [5.41, 5.74) is 4.99. The van der Waals surface area contributed by atoms with Crippen LogP contribution in [0.1, 0.15) is 36.2 Å². The minimum atomic E-state index is -0.0291. The van der Waals surface area contributed by atoms with Crippen molar-refractivity contribution in [2.24, 2.45) is 5.84 Å². The van der Waals surface area contributed by atoms with Gasteiger partial charge in [-0.15, -0.1) is 0 Å². The molecule has 0 spiro atoms. The largest absolute Gasteiger partial charge is 0.351 e.